The Morgan fingerprint density at radius 2 is 1.59 bits per heavy atom. The van der Waals surface area contributed by atoms with Gasteiger partial charge in [0.2, 0.25) is 5.91 Å². The zero-order chi connectivity index (χ0) is 23.2. The fourth-order valence-electron chi connectivity index (χ4n) is 3.74. The maximum absolute atomic E-state index is 13.2. The number of ether oxygens (including phenoxy) is 1. The Bertz CT molecular complexity index is 993. The van der Waals surface area contributed by atoms with Gasteiger partial charge in [-0.1, -0.05) is 18.2 Å². The molecular weight excluding hydrogens is 428 g/mol. The van der Waals surface area contributed by atoms with Crippen molar-refractivity contribution in [2.75, 3.05) is 18.8 Å². The average Bonchev–Trinajstić information content (AvgIpc) is 2.73. The molecule has 1 amide bonds. The molecule has 0 aliphatic carbocycles. The van der Waals surface area contributed by atoms with Crippen LogP contribution in [0, 0.1) is 5.41 Å². The third-order valence-corrected chi connectivity index (χ3v) is 7.31. The zero-order valence-electron chi connectivity index (χ0n) is 18.9. The highest BCUT2D eigenvalue weighted by Crippen LogP contribution is 2.36. The summed E-state index contributed by atoms with van der Waals surface area (Å²) in [4.78, 5) is 18.1. The van der Waals surface area contributed by atoms with Gasteiger partial charge in [0.25, 0.3) is 0 Å². The average molecular weight is 461 g/mol. The predicted octanol–water partition coefficient (Wildman–Crippen LogP) is 3.86. The summed E-state index contributed by atoms with van der Waals surface area (Å²) < 4.78 is 32.3. The summed E-state index contributed by atoms with van der Waals surface area (Å²) in [6.45, 7) is 6.86. The first-order chi connectivity index (χ1) is 15.1. The van der Waals surface area contributed by atoms with Crippen molar-refractivity contribution in [3.05, 3.63) is 54.6 Å². The molecule has 0 atom stereocenters. The van der Waals surface area contributed by atoms with Gasteiger partial charge in [-0.05, 0) is 88.5 Å². The number of para-hydroxylation sites is 1. The minimum Gasteiger partial charge on any atom is -0.457 e. The summed E-state index contributed by atoms with van der Waals surface area (Å²) in [5, 5.41) is 3.25. The van der Waals surface area contributed by atoms with Crippen LogP contribution >= 0.6 is 0 Å². The van der Waals surface area contributed by atoms with Crippen LogP contribution in [0.1, 0.15) is 40.0 Å². The normalized spacial score (nSPS) is 16.3. The molecule has 2 aromatic rings. The Kier molecular flexibility index (Phi) is 7.59. The number of nitrogens with one attached hydrogen (secondary N) is 2. The molecule has 8 heteroatoms. The van der Waals surface area contributed by atoms with Crippen molar-refractivity contribution in [1.82, 2.24) is 10.8 Å². The number of amides is 1. The first kappa shape index (κ1) is 24.2. The predicted molar refractivity (Wildman–Crippen MR) is 123 cm³/mol. The molecule has 3 rings (SSSR count). The van der Waals surface area contributed by atoms with Gasteiger partial charge in [0.05, 0.1) is 16.2 Å². The number of carbonyl (C=O) groups is 1. The van der Waals surface area contributed by atoms with E-state index in [9.17, 15) is 13.2 Å². The van der Waals surface area contributed by atoms with Gasteiger partial charge in [0.15, 0.2) is 9.84 Å². The Balaban J connectivity index is 1.71. The van der Waals surface area contributed by atoms with Gasteiger partial charge in [-0.15, -0.1) is 0 Å². The van der Waals surface area contributed by atoms with Gasteiger partial charge in [0, 0.05) is 6.42 Å². The molecule has 1 aliphatic heterocycles. The van der Waals surface area contributed by atoms with Crippen molar-refractivity contribution in [2.45, 2.75) is 50.5 Å². The summed E-state index contributed by atoms with van der Waals surface area (Å²) in [7, 11) is -3.60. The zero-order valence-corrected chi connectivity index (χ0v) is 19.7. The molecular formula is C24H32N2O5S. The van der Waals surface area contributed by atoms with Gasteiger partial charge >= 0.3 is 0 Å². The number of hydrogen-bond donors (Lipinski definition) is 2. The summed E-state index contributed by atoms with van der Waals surface area (Å²) in [5.74, 6) is 0.845. The fraction of sp³-hybridized carbons (Fsp3) is 0.458. The number of rotatable bonds is 8. The smallest absolute Gasteiger partial charge is 0.244 e. The first-order valence-corrected chi connectivity index (χ1v) is 12.5. The number of sulfone groups is 1. The number of piperidine rings is 1. The topological polar surface area (TPSA) is 93.7 Å². The standard InChI is InChI=1S/C24H32N2O5S/c1-23(2,3)31-26-22(27)17-24(13-15-25-16-14-24)18-32(28,29)21-11-9-20(10-12-21)30-19-7-5-4-6-8-19/h4-12,25H,13-18H2,1-3H3,(H,26,27). The van der Waals surface area contributed by atoms with E-state index in [1.165, 1.54) is 0 Å². The fourth-order valence-corrected chi connectivity index (χ4v) is 5.66. The highest BCUT2D eigenvalue weighted by Gasteiger charge is 2.39. The molecule has 0 radical (unpaired) electrons. The van der Waals surface area contributed by atoms with Crippen LogP contribution < -0.4 is 15.5 Å². The largest absolute Gasteiger partial charge is 0.457 e. The van der Waals surface area contributed by atoms with Crippen LogP contribution in [0.5, 0.6) is 11.5 Å². The van der Waals surface area contributed by atoms with Crippen LogP contribution in [0.2, 0.25) is 0 Å². The second kappa shape index (κ2) is 10.0. The molecule has 1 saturated heterocycles. The second-order valence-corrected chi connectivity index (χ2v) is 11.3. The van der Waals surface area contributed by atoms with Crippen molar-refractivity contribution in [2.24, 2.45) is 5.41 Å². The molecule has 0 saturated carbocycles. The van der Waals surface area contributed by atoms with E-state index in [0.717, 1.165) is 0 Å². The number of hydrogen-bond acceptors (Lipinski definition) is 6. The van der Waals surface area contributed by atoms with Gasteiger partial charge in [-0.2, -0.15) is 0 Å². The molecule has 0 spiro atoms. The van der Waals surface area contributed by atoms with Crippen molar-refractivity contribution >= 4 is 15.7 Å². The molecule has 174 valence electrons. The molecule has 0 bridgehead atoms. The molecule has 1 heterocycles. The van der Waals surface area contributed by atoms with Crippen molar-refractivity contribution in [1.29, 1.82) is 0 Å². The van der Waals surface area contributed by atoms with E-state index in [0.29, 0.717) is 37.4 Å². The van der Waals surface area contributed by atoms with Crippen LogP contribution in [-0.2, 0) is 19.5 Å². The third-order valence-electron chi connectivity index (χ3n) is 5.33. The molecule has 1 fully saturated rings. The minimum absolute atomic E-state index is 0.0937. The monoisotopic (exact) mass is 460 g/mol. The van der Waals surface area contributed by atoms with E-state index in [-0.39, 0.29) is 23.0 Å². The lowest BCUT2D eigenvalue weighted by atomic mass is 9.78. The van der Waals surface area contributed by atoms with E-state index in [4.69, 9.17) is 9.57 Å². The van der Waals surface area contributed by atoms with Crippen LogP contribution in [-0.4, -0.2) is 38.8 Å². The van der Waals surface area contributed by atoms with Crippen molar-refractivity contribution < 1.29 is 22.8 Å². The molecule has 1 aliphatic rings. The summed E-state index contributed by atoms with van der Waals surface area (Å²) in [6, 6.07) is 15.7. The van der Waals surface area contributed by atoms with Crippen LogP contribution in [0.15, 0.2) is 59.5 Å². The molecule has 2 N–H and O–H groups in total. The maximum atomic E-state index is 13.2. The molecule has 7 nitrogen and oxygen atoms in total. The van der Waals surface area contributed by atoms with Gasteiger partial charge < -0.3 is 10.1 Å². The Morgan fingerprint density at radius 1 is 1.00 bits per heavy atom. The van der Waals surface area contributed by atoms with E-state index < -0.39 is 20.9 Å². The van der Waals surface area contributed by atoms with E-state index in [1.54, 1.807) is 24.3 Å². The third kappa shape index (κ3) is 7.05. The number of benzene rings is 2. The van der Waals surface area contributed by atoms with Gasteiger partial charge in [-0.3, -0.25) is 9.63 Å². The maximum Gasteiger partial charge on any atom is 0.244 e. The van der Waals surface area contributed by atoms with Gasteiger partial charge in [-0.25, -0.2) is 13.9 Å². The van der Waals surface area contributed by atoms with E-state index in [2.05, 4.69) is 10.8 Å². The lowest BCUT2D eigenvalue weighted by Gasteiger charge is -2.37. The lowest BCUT2D eigenvalue weighted by molar-refractivity contribution is -0.148. The van der Waals surface area contributed by atoms with Gasteiger partial charge in [0.1, 0.15) is 11.5 Å². The summed E-state index contributed by atoms with van der Waals surface area (Å²) in [6.07, 6.45) is 1.30. The Morgan fingerprint density at radius 3 is 2.19 bits per heavy atom. The van der Waals surface area contributed by atoms with Crippen LogP contribution in [0.4, 0.5) is 0 Å². The summed E-state index contributed by atoms with van der Waals surface area (Å²) >= 11 is 0. The quantitative estimate of drug-likeness (QED) is 0.581. The Labute approximate surface area is 190 Å². The molecule has 2 aromatic carbocycles. The molecule has 0 aromatic heterocycles. The minimum atomic E-state index is -3.60. The highest BCUT2D eigenvalue weighted by atomic mass is 32.2. The number of carbonyl (C=O) groups excluding carboxylic acids is 1. The van der Waals surface area contributed by atoms with Crippen molar-refractivity contribution in [3.8, 4) is 11.5 Å². The van der Waals surface area contributed by atoms with Crippen LogP contribution in [0.3, 0.4) is 0 Å². The second-order valence-electron chi connectivity index (χ2n) is 9.31. The van der Waals surface area contributed by atoms with E-state index >= 15 is 0 Å². The SMILES string of the molecule is CC(C)(C)ONC(=O)CC1(CS(=O)(=O)c2ccc(Oc3ccccc3)cc2)CCNCC1. The van der Waals surface area contributed by atoms with Crippen molar-refractivity contribution in [3.63, 3.8) is 0 Å². The highest BCUT2D eigenvalue weighted by molar-refractivity contribution is 7.91. The van der Waals surface area contributed by atoms with E-state index in [1.807, 2.05) is 51.1 Å². The van der Waals surface area contributed by atoms with Crippen LogP contribution in [0.25, 0.3) is 0 Å². The number of hydroxylamine groups is 1. The first-order valence-electron chi connectivity index (χ1n) is 10.8. The molecule has 0 unspecified atom stereocenters. The Hall–Kier alpha value is -2.42. The molecule has 32 heavy (non-hydrogen) atoms. The summed E-state index contributed by atoms with van der Waals surface area (Å²) in [5.41, 5.74) is 1.31. The lowest BCUT2D eigenvalue weighted by Crippen LogP contribution is -2.45.